The van der Waals surface area contributed by atoms with Gasteiger partial charge in [-0.1, -0.05) is 6.92 Å². The molecular weight excluding hydrogens is 268 g/mol. The first-order chi connectivity index (χ1) is 8.97. The van der Waals surface area contributed by atoms with E-state index in [1.54, 1.807) is 34.1 Å². The summed E-state index contributed by atoms with van der Waals surface area (Å²) in [7, 11) is -0.189. The molecule has 0 amide bonds. The minimum Gasteiger partial charge on any atom is -0.464 e. The predicted octanol–water partition coefficient (Wildman–Crippen LogP) is 0.964. The van der Waals surface area contributed by atoms with Crippen LogP contribution in [0.2, 0.25) is 0 Å². The third-order valence-electron chi connectivity index (χ3n) is 2.79. The second kappa shape index (κ2) is 7.04. The lowest BCUT2D eigenvalue weighted by Gasteiger charge is -2.19. The van der Waals surface area contributed by atoms with Crippen molar-refractivity contribution in [2.45, 2.75) is 25.3 Å². The van der Waals surface area contributed by atoms with E-state index >= 15 is 0 Å². The SMILES string of the molecule is CCN(CCOC)S(=O)(=O)c1cc(CNC)oc1C. The number of aryl methyl sites for hydroxylation is 1. The first kappa shape index (κ1) is 16.2. The molecule has 0 aliphatic carbocycles. The summed E-state index contributed by atoms with van der Waals surface area (Å²) >= 11 is 0. The van der Waals surface area contributed by atoms with Crippen LogP contribution in [0.25, 0.3) is 0 Å². The zero-order valence-electron chi connectivity index (χ0n) is 11.9. The van der Waals surface area contributed by atoms with Crippen molar-refractivity contribution in [1.29, 1.82) is 0 Å². The number of sulfonamides is 1. The molecule has 0 saturated heterocycles. The Hall–Kier alpha value is -0.890. The number of furan rings is 1. The fraction of sp³-hybridized carbons (Fsp3) is 0.667. The van der Waals surface area contributed by atoms with E-state index in [0.717, 1.165) is 0 Å². The molecule has 1 N–H and O–H groups in total. The Bertz CT molecular complexity index is 496. The number of nitrogens with one attached hydrogen (secondary N) is 1. The molecule has 1 rings (SSSR count). The second-order valence-corrected chi connectivity index (χ2v) is 6.06. The van der Waals surface area contributed by atoms with Crippen molar-refractivity contribution in [3.05, 3.63) is 17.6 Å². The van der Waals surface area contributed by atoms with E-state index in [-0.39, 0.29) is 4.90 Å². The van der Waals surface area contributed by atoms with Crippen molar-refractivity contribution < 1.29 is 17.6 Å². The third kappa shape index (κ3) is 3.79. The average Bonchev–Trinajstić information content (AvgIpc) is 2.72. The van der Waals surface area contributed by atoms with Gasteiger partial charge in [0.15, 0.2) is 0 Å². The van der Waals surface area contributed by atoms with Gasteiger partial charge in [-0.2, -0.15) is 4.31 Å². The Morgan fingerprint density at radius 1 is 1.47 bits per heavy atom. The van der Waals surface area contributed by atoms with Crippen LogP contribution in [0.5, 0.6) is 0 Å². The van der Waals surface area contributed by atoms with Crippen LogP contribution < -0.4 is 5.32 Å². The largest absolute Gasteiger partial charge is 0.464 e. The molecule has 1 heterocycles. The van der Waals surface area contributed by atoms with Gasteiger partial charge in [0.05, 0.1) is 13.2 Å². The summed E-state index contributed by atoms with van der Waals surface area (Å²) in [6.07, 6.45) is 0. The van der Waals surface area contributed by atoms with Crippen LogP contribution in [0.3, 0.4) is 0 Å². The fourth-order valence-electron chi connectivity index (χ4n) is 1.82. The van der Waals surface area contributed by atoms with Gasteiger partial charge in [0, 0.05) is 26.3 Å². The maximum absolute atomic E-state index is 12.5. The molecule has 0 saturated carbocycles. The number of hydrogen-bond donors (Lipinski definition) is 1. The highest BCUT2D eigenvalue weighted by molar-refractivity contribution is 7.89. The van der Waals surface area contributed by atoms with Gasteiger partial charge in [-0.25, -0.2) is 8.42 Å². The van der Waals surface area contributed by atoms with Crippen molar-refractivity contribution in [2.75, 3.05) is 33.9 Å². The van der Waals surface area contributed by atoms with E-state index in [4.69, 9.17) is 9.15 Å². The second-order valence-electron chi connectivity index (χ2n) is 4.15. The smallest absolute Gasteiger partial charge is 0.246 e. The van der Waals surface area contributed by atoms with Gasteiger partial charge in [-0.3, -0.25) is 0 Å². The lowest BCUT2D eigenvalue weighted by atomic mass is 10.4. The lowest BCUT2D eigenvalue weighted by Crippen LogP contribution is -2.33. The van der Waals surface area contributed by atoms with E-state index in [1.165, 1.54) is 4.31 Å². The molecule has 0 atom stereocenters. The molecule has 19 heavy (non-hydrogen) atoms. The molecule has 7 heteroatoms. The van der Waals surface area contributed by atoms with E-state index in [2.05, 4.69) is 5.32 Å². The van der Waals surface area contributed by atoms with Crippen LogP contribution in [0.15, 0.2) is 15.4 Å². The Kier molecular flexibility index (Phi) is 5.99. The number of methoxy groups -OCH3 is 1. The van der Waals surface area contributed by atoms with E-state index in [1.807, 2.05) is 0 Å². The highest BCUT2D eigenvalue weighted by atomic mass is 32.2. The molecular formula is C12H22N2O4S. The average molecular weight is 290 g/mol. The molecule has 0 unspecified atom stereocenters. The summed E-state index contributed by atoms with van der Waals surface area (Å²) in [5.74, 6) is 1.03. The normalized spacial score (nSPS) is 12.3. The highest BCUT2D eigenvalue weighted by Gasteiger charge is 2.27. The van der Waals surface area contributed by atoms with Gasteiger partial charge >= 0.3 is 0 Å². The number of likely N-dealkylation sites (N-methyl/N-ethyl adjacent to an activating group) is 1. The number of ether oxygens (including phenoxy) is 1. The molecule has 0 spiro atoms. The van der Waals surface area contributed by atoms with Crippen LogP contribution in [-0.4, -0.2) is 46.6 Å². The van der Waals surface area contributed by atoms with Gasteiger partial charge in [-0.05, 0) is 14.0 Å². The van der Waals surface area contributed by atoms with E-state index in [0.29, 0.717) is 37.8 Å². The lowest BCUT2D eigenvalue weighted by molar-refractivity contribution is 0.180. The predicted molar refractivity (Wildman–Crippen MR) is 72.5 cm³/mol. The van der Waals surface area contributed by atoms with Crippen molar-refractivity contribution in [1.82, 2.24) is 9.62 Å². The molecule has 1 aromatic heterocycles. The Labute approximate surface area is 114 Å². The van der Waals surface area contributed by atoms with E-state index in [9.17, 15) is 8.42 Å². The highest BCUT2D eigenvalue weighted by Crippen LogP contribution is 2.23. The Balaban J connectivity index is 3.03. The number of rotatable bonds is 8. The Morgan fingerprint density at radius 2 is 2.16 bits per heavy atom. The minimum atomic E-state index is -3.52. The van der Waals surface area contributed by atoms with Crippen LogP contribution >= 0.6 is 0 Å². The number of nitrogens with zero attached hydrogens (tertiary/aromatic N) is 1. The maximum Gasteiger partial charge on any atom is 0.246 e. The Morgan fingerprint density at radius 3 is 2.68 bits per heavy atom. The van der Waals surface area contributed by atoms with Gasteiger partial charge in [0.25, 0.3) is 0 Å². The van der Waals surface area contributed by atoms with E-state index < -0.39 is 10.0 Å². The van der Waals surface area contributed by atoms with Crippen molar-refractivity contribution in [3.8, 4) is 0 Å². The first-order valence-corrected chi connectivity index (χ1v) is 7.64. The molecule has 110 valence electrons. The van der Waals surface area contributed by atoms with Crippen LogP contribution in [0.4, 0.5) is 0 Å². The summed E-state index contributed by atoms with van der Waals surface area (Å²) in [5, 5.41) is 2.93. The molecule has 0 bridgehead atoms. The zero-order chi connectivity index (χ0) is 14.5. The van der Waals surface area contributed by atoms with Crippen LogP contribution in [0, 0.1) is 6.92 Å². The summed E-state index contributed by atoms with van der Waals surface area (Å²) in [4.78, 5) is 0.232. The molecule has 0 fully saturated rings. The van der Waals surface area contributed by atoms with Gasteiger partial charge in [0.2, 0.25) is 10.0 Å². The van der Waals surface area contributed by atoms with Gasteiger partial charge in [0.1, 0.15) is 16.4 Å². The summed E-state index contributed by atoms with van der Waals surface area (Å²) < 4.78 is 36.8. The minimum absolute atomic E-state index is 0.232. The fourth-order valence-corrected chi connectivity index (χ4v) is 3.44. The molecule has 0 aliphatic rings. The summed E-state index contributed by atoms with van der Waals surface area (Å²) in [5.41, 5.74) is 0. The van der Waals surface area contributed by atoms with Crippen LogP contribution in [0.1, 0.15) is 18.4 Å². The van der Waals surface area contributed by atoms with Gasteiger partial charge in [-0.15, -0.1) is 0 Å². The van der Waals surface area contributed by atoms with Crippen LogP contribution in [-0.2, 0) is 21.3 Å². The first-order valence-electron chi connectivity index (χ1n) is 6.20. The summed E-state index contributed by atoms with van der Waals surface area (Å²) in [6, 6.07) is 1.58. The number of hydrogen-bond acceptors (Lipinski definition) is 5. The monoisotopic (exact) mass is 290 g/mol. The molecule has 1 aromatic rings. The maximum atomic E-state index is 12.5. The standard InChI is InChI=1S/C12H22N2O4S/c1-5-14(6-7-17-4)19(15,16)12-8-11(9-13-3)18-10(12)2/h8,13H,5-7,9H2,1-4H3. The van der Waals surface area contributed by atoms with Crippen molar-refractivity contribution >= 4 is 10.0 Å². The topological polar surface area (TPSA) is 71.8 Å². The molecule has 0 aromatic carbocycles. The molecule has 0 radical (unpaired) electrons. The van der Waals surface area contributed by atoms with Crippen molar-refractivity contribution in [2.24, 2.45) is 0 Å². The third-order valence-corrected chi connectivity index (χ3v) is 4.87. The van der Waals surface area contributed by atoms with Crippen molar-refractivity contribution in [3.63, 3.8) is 0 Å². The quantitative estimate of drug-likeness (QED) is 0.772. The zero-order valence-corrected chi connectivity index (χ0v) is 12.7. The summed E-state index contributed by atoms with van der Waals surface area (Å²) in [6.45, 7) is 5.07. The van der Waals surface area contributed by atoms with Gasteiger partial charge < -0.3 is 14.5 Å². The molecule has 0 aliphatic heterocycles. The molecule has 6 nitrogen and oxygen atoms in total.